The third-order valence-electron chi connectivity index (χ3n) is 5.44. The summed E-state index contributed by atoms with van der Waals surface area (Å²) in [5, 5.41) is 9.80. The first-order valence-corrected chi connectivity index (χ1v) is 8.67. The summed E-state index contributed by atoms with van der Waals surface area (Å²) >= 11 is 3.56. The van der Waals surface area contributed by atoms with Gasteiger partial charge < -0.3 is 14.6 Å². The summed E-state index contributed by atoms with van der Waals surface area (Å²) in [6.07, 6.45) is 5.57. The normalized spacial score (nSPS) is 24.0. The van der Waals surface area contributed by atoms with Crippen LogP contribution in [0.5, 0.6) is 11.5 Å². The lowest BCUT2D eigenvalue weighted by atomic mass is 9.79. The van der Waals surface area contributed by atoms with Crippen LogP contribution in [0, 0.1) is 5.41 Å². The maximum absolute atomic E-state index is 11.9. The second kappa shape index (κ2) is 4.88. The van der Waals surface area contributed by atoms with Gasteiger partial charge in [0.1, 0.15) is 0 Å². The van der Waals surface area contributed by atoms with E-state index in [-0.39, 0.29) is 5.41 Å². The van der Waals surface area contributed by atoms with Gasteiger partial charge in [0.15, 0.2) is 11.5 Å². The van der Waals surface area contributed by atoms with E-state index in [9.17, 15) is 9.90 Å². The van der Waals surface area contributed by atoms with Crippen molar-refractivity contribution in [3.63, 3.8) is 0 Å². The molecule has 0 radical (unpaired) electrons. The van der Waals surface area contributed by atoms with Crippen LogP contribution in [0.3, 0.4) is 0 Å². The van der Waals surface area contributed by atoms with Gasteiger partial charge in [0.2, 0.25) is 0 Å². The first-order valence-electron chi connectivity index (χ1n) is 7.88. The van der Waals surface area contributed by atoms with E-state index >= 15 is 0 Å². The molecule has 1 heterocycles. The summed E-state index contributed by atoms with van der Waals surface area (Å²) in [5.41, 5.74) is 0.219. The Hall–Kier alpha value is -1.23. The zero-order chi connectivity index (χ0) is 15.4. The molecule has 0 unspecified atom stereocenters. The van der Waals surface area contributed by atoms with E-state index < -0.39 is 11.4 Å². The van der Waals surface area contributed by atoms with Gasteiger partial charge in [-0.1, -0.05) is 28.8 Å². The van der Waals surface area contributed by atoms with Gasteiger partial charge in [-0.15, -0.1) is 0 Å². The van der Waals surface area contributed by atoms with E-state index in [1.54, 1.807) is 0 Å². The Balaban J connectivity index is 1.75. The van der Waals surface area contributed by atoms with Crippen molar-refractivity contribution in [3.8, 4) is 11.5 Å². The number of carbonyl (C=O) groups is 1. The molecule has 0 aromatic heterocycles. The van der Waals surface area contributed by atoms with E-state index in [0.29, 0.717) is 31.8 Å². The molecule has 3 aliphatic rings. The number of carboxylic acid groups (broad SMARTS) is 1. The molecular weight excluding hydrogens is 348 g/mol. The quantitative estimate of drug-likeness (QED) is 0.862. The first kappa shape index (κ1) is 14.4. The van der Waals surface area contributed by atoms with Crippen LogP contribution in [0.1, 0.15) is 44.1 Å². The summed E-state index contributed by atoms with van der Waals surface area (Å²) in [6, 6.07) is 3.77. The molecule has 2 aliphatic carbocycles. The zero-order valence-corrected chi connectivity index (χ0v) is 13.9. The second-order valence-electron chi connectivity index (χ2n) is 6.95. The molecule has 2 saturated carbocycles. The van der Waals surface area contributed by atoms with Crippen molar-refractivity contribution in [1.29, 1.82) is 0 Å². The van der Waals surface area contributed by atoms with Crippen LogP contribution in [0.25, 0.3) is 0 Å². The average Bonchev–Trinajstić information content (AvgIpc) is 3.14. The molecule has 0 bridgehead atoms. The Bertz CT molecular complexity index is 630. The molecule has 1 aromatic carbocycles. The predicted molar refractivity (Wildman–Crippen MR) is 84.6 cm³/mol. The third kappa shape index (κ3) is 2.13. The van der Waals surface area contributed by atoms with Gasteiger partial charge in [0.25, 0.3) is 0 Å². The van der Waals surface area contributed by atoms with E-state index in [2.05, 4.69) is 15.9 Å². The van der Waals surface area contributed by atoms with Crippen LogP contribution in [0.2, 0.25) is 0 Å². The lowest BCUT2D eigenvalue weighted by molar-refractivity contribution is -0.143. The minimum absolute atomic E-state index is 0.184. The van der Waals surface area contributed by atoms with Crippen molar-refractivity contribution in [1.82, 2.24) is 0 Å². The van der Waals surface area contributed by atoms with Crippen LogP contribution in [-0.4, -0.2) is 24.3 Å². The van der Waals surface area contributed by atoms with E-state index in [4.69, 9.17) is 9.47 Å². The molecule has 4 rings (SSSR count). The van der Waals surface area contributed by atoms with Crippen molar-refractivity contribution in [2.75, 3.05) is 13.2 Å². The molecule has 0 atom stereocenters. The molecule has 1 spiro atoms. The number of benzene rings is 1. The van der Waals surface area contributed by atoms with Gasteiger partial charge in [-0.05, 0) is 43.4 Å². The largest absolute Gasteiger partial charge is 0.489 e. The van der Waals surface area contributed by atoms with E-state index in [1.807, 2.05) is 12.1 Å². The van der Waals surface area contributed by atoms with Crippen LogP contribution in [-0.2, 0) is 10.2 Å². The van der Waals surface area contributed by atoms with Crippen molar-refractivity contribution in [2.45, 2.75) is 43.9 Å². The van der Waals surface area contributed by atoms with E-state index in [0.717, 1.165) is 41.5 Å². The van der Waals surface area contributed by atoms with Crippen LogP contribution in [0.4, 0.5) is 0 Å². The maximum atomic E-state index is 11.9. The summed E-state index contributed by atoms with van der Waals surface area (Å²) in [7, 11) is 0. The van der Waals surface area contributed by atoms with Gasteiger partial charge in [0, 0.05) is 9.89 Å². The van der Waals surface area contributed by atoms with Gasteiger partial charge in [-0.2, -0.15) is 0 Å². The highest BCUT2D eigenvalue weighted by Gasteiger charge is 2.47. The Morgan fingerprint density at radius 2 is 1.64 bits per heavy atom. The molecule has 1 N–H and O–H groups in total. The van der Waals surface area contributed by atoms with Crippen molar-refractivity contribution in [2.24, 2.45) is 5.41 Å². The highest BCUT2D eigenvalue weighted by Crippen LogP contribution is 2.51. The maximum Gasteiger partial charge on any atom is 0.314 e. The summed E-state index contributed by atoms with van der Waals surface area (Å²) in [6.45, 7) is 1.36. The molecule has 5 heteroatoms. The Labute approximate surface area is 137 Å². The molecule has 1 aromatic rings. The molecule has 22 heavy (non-hydrogen) atoms. The molecule has 0 amide bonds. The average molecular weight is 367 g/mol. The van der Waals surface area contributed by atoms with Crippen molar-refractivity contribution in [3.05, 3.63) is 22.2 Å². The fourth-order valence-electron chi connectivity index (χ4n) is 3.67. The van der Waals surface area contributed by atoms with Gasteiger partial charge in [-0.3, -0.25) is 4.79 Å². The van der Waals surface area contributed by atoms with Gasteiger partial charge in [0.05, 0.1) is 18.6 Å². The number of hydrogen-bond acceptors (Lipinski definition) is 3. The van der Waals surface area contributed by atoms with Gasteiger partial charge in [-0.25, -0.2) is 0 Å². The van der Waals surface area contributed by atoms with Crippen molar-refractivity contribution < 1.29 is 19.4 Å². The number of carboxylic acids is 1. The monoisotopic (exact) mass is 366 g/mol. The lowest BCUT2D eigenvalue weighted by Crippen LogP contribution is -2.33. The van der Waals surface area contributed by atoms with Crippen LogP contribution in [0.15, 0.2) is 16.6 Å². The highest BCUT2D eigenvalue weighted by molar-refractivity contribution is 9.10. The van der Waals surface area contributed by atoms with Gasteiger partial charge >= 0.3 is 5.97 Å². The van der Waals surface area contributed by atoms with Crippen molar-refractivity contribution >= 4 is 21.9 Å². The van der Waals surface area contributed by atoms with Crippen LogP contribution < -0.4 is 9.47 Å². The first-order chi connectivity index (χ1) is 10.5. The Kier molecular flexibility index (Phi) is 3.19. The molecule has 2 fully saturated rings. The number of ether oxygens (including phenoxy) is 2. The number of hydrogen-bond donors (Lipinski definition) is 1. The molecule has 118 valence electrons. The molecular formula is C17H19BrO4. The minimum Gasteiger partial charge on any atom is -0.489 e. The second-order valence-corrected chi connectivity index (χ2v) is 7.80. The number of fused-ring (bicyclic) bond motifs is 1. The number of rotatable bonds is 2. The lowest BCUT2D eigenvalue weighted by Gasteiger charge is -2.26. The summed E-state index contributed by atoms with van der Waals surface area (Å²) < 4.78 is 12.7. The molecule has 0 saturated heterocycles. The molecule has 1 aliphatic heterocycles. The Morgan fingerprint density at radius 3 is 2.18 bits per heavy atom. The standard InChI is InChI=1S/C17H19BrO4/c18-12-8-14-13(21-9-16(5-6-16)10-22-14)7-11(12)17(15(19)20)3-1-2-4-17/h7-8H,1-6,9-10H2,(H,19,20). The highest BCUT2D eigenvalue weighted by atomic mass is 79.9. The third-order valence-corrected chi connectivity index (χ3v) is 6.10. The summed E-state index contributed by atoms with van der Waals surface area (Å²) in [4.78, 5) is 11.9. The smallest absolute Gasteiger partial charge is 0.314 e. The fraction of sp³-hybridized carbons (Fsp3) is 0.588. The van der Waals surface area contributed by atoms with Crippen LogP contribution >= 0.6 is 15.9 Å². The minimum atomic E-state index is -0.791. The number of aliphatic carboxylic acids is 1. The van der Waals surface area contributed by atoms with E-state index in [1.165, 1.54) is 0 Å². The topological polar surface area (TPSA) is 55.8 Å². The fourth-order valence-corrected chi connectivity index (χ4v) is 4.38. The predicted octanol–water partition coefficient (Wildman–Crippen LogP) is 3.90. The summed E-state index contributed by atoms with van der Waals surface area (Å²) in [5.74, 6) is 0.672. The Morgan fingerprint density at radius 1 is 1.05 bits per heavy atom. The zero-order valence-electron chi connectivity index (χ0n) is 12.4. The number of halogens is 1. The SMILES string of the molecule is O=C(O)C1(c2cc3c(cc2Br)OCC2(CC2)CO3)CCCC1. The molecule has 4 nitrogen and oxygen atoms in total.